The minimum atomic E-state index is -2.92. The van der Waals surface area contributed by atoms with Crippen LogP contribution in [0.1, 0.15) is 25.8 Å². The topological polar surface area (TPSA) is 58.6 Å². The van der Waals surface area contributed by atoms with Crippen LogP contribution in [0.2, 0.25) is 0 Å². The van der Waals surface area contributed by atoms with Gasteiger partial charge >= 0.3 is 6.61 Å². The van der Waals surface area contributed by atoms with Crippen LogP contribution < -0.4 is 10.1 Å². The van der Waals surface area contributed by atoms with Crippen molar-refractivity contribution in [1.29, 1.82) is 0 Å². The predicted octanol–water partition coefficient (Wildman–Crippen LogP) is 2.82. The molecule has 1 unspecified atom stereocenters. The highest BCUT2D eigenvalue weighted by atomic mass is 19.3. The highest BCUT2D eigenvalue weighted by Crippen LogP contribution is 2.21. The van der Waals surface area contributed by atoms with Gasteiger partial charge in [-0.25, -0.2) is 0 Å². The third-order valence-corrected chi connectivity index (χ3v) is 3.12. The van der Waals surface area contributed by atoms with E-state index in [4.69, 9.17) is 5.11 Å². The van der Waals surface area contributed by atoms with Crippen molar-refractivity contribution in [2.75, 3.05) is 6.61 Å². The molecule has 1 atom stereocenters. The maximum atomic E-state index is 12.3. The Labute approximate surface area is 128 Å². The number of alkyl halides is 2. The smallest absolute Gasteiger partial charge is 0.387 e. The van der Waals surface area contributed by atoms with Gasteiger partial charge in [0.05, 0.1) is 0 Å². The zero-order chi connectivity index (χ0) is 16.5. The standard InChI is InChI=1S/C16H21F2NO3/c1-11(2)13(9-10-20)19-15(21)8-7-12-5-3-4-6-14(12)22-16(17)18/h3-8,11,13,16,20H,9-10H2,1-2H3,(H,19,21)/b8-7+. The second-order valence-electron chi connectivity index (χ2n) is 5.12. The lowest BCUT2D eigenvalue weighted by Gasteiger charge is -2.20. The molecule has 1 aromatic carbocycles. The zero-order valence-electron chi connectivity index (χ0n) is 12.6. The average molecular weight is 313 g/mol. The van der Waals surface area contributed by atoms with Gasteiger partial charge in [-0.3, -0.25) is 4.79 Å². The van der Waals surface area contributed by atoms with E-state index in [1.54, 1.807) is 18.2 Å². The van der Waals surface area contributed by atoms with E-state index in [-0.39, 0.29) is 30.2 Å². The largest absolute Gasteiger partial charge is 0.434 e. The molecule has 0 saturated carbocycles. The second-order valence-corrected chi connectivity index (χ2v) is 5.12. The fraction of sp³-hybridized carbons (Fsp3) is 0.438. The van der Waals surface area contributed by atoms with Crippen molar-refractivity contribution in [1.82, 2.24) is 5.32 Å². The third-order valence-electron chi connectivity index (χ3n) is 3.12. The summed E-state index contributed by atoms with van der Waals surface area (Å²) < 4.78 is 29.0. The number of aliphatic hydroxyl groups excluding tert-OH is 1. The maximum absolute atomic E-state index is 12.3. The monoisotopic (exact) mass is 313 g/mol. The summed E-state index contributed by atoms with van der Waals surface area (Å²) in [6.45, 7) is 0.947. The highest BCUT2D eigenvalue weighted by Gasteiger charge is 2.14. The SMILES string of the molecule is CC(C)C(CCO)NC(=O)/C=C/c1ccccc1OC(F)F. The van der Waals surface area contributed by atoms with Crippen molar-refractivity contribution in [3.63, 3.8) is 0 Å². The van der Waals surface area contributed by atoms with Gasteiger partial charge in [0.25, 0.3) is 0 Å². The number of para-hydroxylation sites is 1. The van der Waals surface area contributed by atoms with Crippen molar-refractivity contribution < 1.29 is 23.4 Å². The van der Waals surface area contributed by atoms with Gasteiger partial charge < -0.3 is 15.2 Å². The summed E-state index contributed by atoms with van der Waals surface area (Å²) in [6, 6.07) is 6.08. The molecule has 0 spiro atoms. The highest BCUT2D eigenvalue weighted by molar-refractivity contribution is 5.92. The number of ether oxygens (including phenoxy) is 1. The molecule has 1 rings (SSSR count). The molecule has 0 aliphatic carbocycles. The lowest BCUT2D eigenvalue weighted by Crippen LogP contribution is -2.38. The average Bonchev–Trinajstić information content (AvgIpc) is 2.45. The van der Waals surface area contributed by atoms with Crippen LogP contribution in [0, 0.1) is 5.92 Å². The molecule has 0 aromatic heterocycles. The second kappa shape index (κ2) is 9.15. The molecule has 0 radical (unpaired) electrons. The first-order valence-corrected chi connectivity index (χ1v) is 7.07. The molecule has 0 fully saturated rings. The number of halogens is 2. The van der Waals surface area contributed by atoms with E-state index in [9.17, 15) is 13.6 Å². The summed E-state index contributed by atoms with van der Waals surface area (Å²) in [7, 11) is 0. The number of hydrogen-bond acceptors (Lipinski definition) is 3. The molecular formula is C16H21F2NO3. The Morgan fingerprint density at radius 2 is 2.05 bits per heavy atom. The van der Waals surface area contributed by atoms with E-state index >= 15 is 0 Å². The molecule has 0 aliphatic rings. The summed E-state index contributed by atoms with van der Waals surface area (Å²) >= 11 is 0. The van der Waals surface area contributed by atoms with Gasteiger partial charge in [0, 0.05) is 24.3 Å². The van der Waals surface area contributed by atoms with Gasteiger partial charge in [-0.05, 0) is 24.5 Å². The van der Waals surface area contributed by atoms with E-state index < -0.39 is 6.61 Å². The molecule has 22 heavy (non-hydrogen) atoms. The normalized spacial score (nSPS) is 12.9. The zero-order valence-corrected chi connectivity index (χ0v) is 12.6. The number of aliphatic hydroxyl groups is 1. The summed E-state index contributed by atoms with van der Waals surface area (Å²) in [5.41, 5.74) is 0.390. The summed E-state index contributed by atoms with van der Waals surface area (Å²) in [6.07, 6.45) is 3.14. The number of amides is 1. The predicted molar refractivity (Wildman–Crippen MR) is 80.6 cm³/mol. The van der Waals surface area contributed by atoms with E-state index in [1.807, 2.05) is 13.8 Å². The first-order valence-electron chi connectivity index (χ1n) is 7.07. The maximum Gasteiger partial charge on any atom is 0.387 e. The number of carbonyl (C=O) groups excluding carboxylic acids is 1. The van der Waals surface area contributed by atoms with Gasteiger partial charge in [0.15, 0.2) is 0 Å². The van der Waals surface area contributed by atoms with E-state index in [0.717, 1.165) is 0 Å². The Balaban J connectivity index is 2.73. The summed E-state index contributed by atoms with van der Waals surface area (Å²) in [4.78, 5) is 11.9. The van der Waals surface area contributed by atoms with Crippen LogP contribution in [0.15, 0.2) is 30.3 Å². The molecule has 6 heteroatoms. The van der Waals surface area contributed by atoms with Gasteiger partial charge in [-0.1, -0.05) is 32.0 Å². The molecule has 1 amide bonds. The molecule has 0 bridgehead atoms. The molecule has 1 aromatic rings. The fourth-order valence-electron chi connectivity index (χ4n) is 1.93. The Kier molecular flexibility index (Phi) is 7.52. The van der Waals surface area contributed by atoms with Crippen molar-refractivity contribution >= 4 is 12.0 Å². The van der Waals surface area contributed by atoms with Crippen molar-refractivity contribution in [2.24, 2.45) is 5.92 Å². The van der Waals surface area contributed by atoms with Gasteiger partial charge in [0.2, 0.25) is 5.91 Å². The van der Waals surface area contributed by atoms with E-state index in [2.05, 4.69) is 10.1 Å². The van der Waals surface area contributed by atoms with Crippen molar-refractivity contribution in [3.05, 3.63) is 35.9 Å². The number of carbonyl (C=O) groups is 1. The van der Waals surface area contributed by atoms with Crippen molar-refractivity contribution in [3.8, 4) is 5.75 Å². The minimum absolute atomic E-state index is 0.0114. The van der Waals surface area contributed by atoms with Gasteiger partial charge in [-0.2, -0.15) is 8.78 Å². The Morgan fingerprint density at radius 1 is 1.36 bits per heavy atom. The van der Waals surface area contributed by atoms with Crippen LogP contribution in [-0.2, 0) is 4.79 Å². The first kappa shape index (κ1) is 18.1. The van der Waals surface area contributed by atoms with Crippen LogP contribution in [0.4, 0.5) is 8.78 Å². The van der Waals surface area contributed by atoms with Crippen LogP contribution in [0.3, 0.4) is 0 Å². The fourth-order valence-corrected chi connectivity index (χ4v) is 1.93. The van der Waals surface area contributed by atoms with Crippen LogP contribution in [-0.4, -0.2) is 30.3 Å². The number of rotatable bonds is 8. The molecule has 4 nitrogen and oxygen atoms in total. The Morgan fingerprint density at radius 3 is 2.64 bits per heavy atom. The minimum Gasteiger partial charge on any atom is -0.434 e. The lowest BCUT2D eigenvalue weighted by atomic mass is 10.0. The van der Waals surface area contributed by atoms with Crippen LogP contribution in [0.25, 0.3) is 6.08 Å². The summed E-state index contributed by atoms with van der Waals surface area (Å²) in [5.74, 6) is -0.157. The molecule has 0 aliphatic heterocycles. The lowest BCUT2D eigenvalue weighted by molar-refractivity contribution is -0.117. The molecule has 0 heterocycles. The molecule has 2 N–H and O–H groups in total. The molecular weight excluding hydrogens is 292 g/mol. The van der Waals surface area contributed by atoms with Crippen LogP contribution >= 0.6 is 0 Å². The van der Waals surface area contributed by atoms with E-state index in [0.29, 0.717) is 12.0 Å². The number of nitrogens with one attached hydrogen (secondary N) is 1. The third kappa shape index (κ3) is 6.22. The Hall–Kier alpha value is -1.95. The first-order chi connectivity index (χ1) is 10.4. The van der Waals surface area contributed by atoms with E-state index in [1.165, 1.54) is 18.2 Å². The van der Waals surface area contributed by atoms with Gasteiger partial charge in [0.1, 0.15) is 5.75 Å². The van der Waals surface area contributed by atoms with Crippen LogP contribution in [0.5, 0.6) is 5.75 Å². The summed E-state index contributed by atoms with van der Waals surface area (Å²) in [5, 5.41) is 11.7. The number of benzene rings is 1. The number of hydrogen-bond donors (Lipinski definition) is 2. The van der Waals surface area contributed by atoms with Crippen molar-refractivity contribution in [2.45, 2.75) is 32.9 Å². The Bertz CT molecular complexity index is 504. The van der Waals surface area contributed by atoms with Gasteiger partial charge in [-0.15, -0.1) is 0 Å². The molecule has 122 valence electrons. The molecule has 0 saturated heterocycles. The quantitative estimate of drug-likeness (QED) is 0.726.